The van der Waals surface area contributed by atoms with Gasteiger partial charge in [-0.05, 0) is 50.2 Å². The number of phenols is 1. The van der Waals surface area contributed by atoms with Gasteiger partial charge in [0.1, 0.15) is 5.75 Å². The number of nitrogens with one attached hydrogen (secondary N) is 1. The van der Waals surface area contributed by atoms with Crippen LogP contribution in [0.4, 0.5) is 11.4 Å². The number of carbonyl (C=O) groups excluding carboxylic acids is 1. The number of carbonyl (C=O) groups is 1. The summed E-state index contributed by atoms with van der Waals surface area (Å²) in [5.74, 6) is -0.335. The van der Waals surface area contributed by atoms with E-state index in [1.165, 1.54) is 6.07 Å². The first-order valence-electron chi connectivity index (χ1n) is 7.10. The van der Waals surface area contributed by atoms with Gasteiger partial charge in [-0.2, -0.15) is 0 Å². The first-order valence-corrected chi connectivity index (χ1v) is 7.10. The minimum Gasteiger partial charge on any atom is -0.507 e. The van der Waals surface area contributed by atoms with E-state index >= 15 is 0 Å². The molecule has 2 aromatic rings. The average Bonchev–Trinajstić information content (AvgIpc) is 2.50. The minimum absolute atomic E-state index is 0.0187. The fraction of sp³-hybridized carbons (Fsp3) is 0.235. The molecule has 2 N–H and O–H groups in total. The first kappa shape index (κ1) is 14.9. The van der Waals surface area contributed by atoms with Crippen molar-refractivity contribution in [3.05, 3.63) is 54.1 Å². The lowest BCUT2D eigenvalue weighted by Gasteiger charge is -2.21. The van der Waals surface area contributed by atoms with Gasteiger partial charge in [-0.15, -0.1) is 0 Å². The van der Waals surface area contributed by atoms with Gasteiger partial charge in [-0.1, -0.05) is 12.1 Å². The molecule has 4 heteroatoms. The number of phenolic OH excluding ortho intramolecular Hbond substituents is 1. The number of rotatable bonds is 5. The number of amides is 1. The third-order valence-electron chi connectivity index (χ3n) is 3.40. The first-order chi connectivity index (χ1) is 10.2. The molecule has 0 spiro atoms. The Balaban J connectivity index is 2.10. The molecule has 0 atom stereocenters. The molecule has 0 aliphatic heterocycles. The molecule has 0 saturated heterocycles. The highest BCUT2D eigenvalue weighted by Gasteiger charge is 2.10. The quantitative estimate of drug-likeness (QED) is 0.883. The second-order valence-corrected chi connectivity index (χ2v) is 4.69. The van der Waals surface area contributed by atoms with Crippen LogP contribution in [0.1, 0.15) is 24.2 Å². The van der Waals surface area contributed by atoms with E-state index in [1.807, 2.05) is 24.3 Å². The van der Waals surface area contributed by atoms with Crippen molar-refractivity contribution in [3.8, 4) is 5.75 Å². The summed E-state index contributed by atoms with van der Waals surface area (Å²) in [6.45, 7) is 6.11. The number of hydrogen-bond acceptors (Lipinski definition) is 3. The lowest BCUT2D eigenvalue weighted by Crippen LogP contribution is -2.21. The summed E-state index contributed by atoms with van der Waals surface area (Å²) < 4.78 is 0. The van der Waals surface area contributed by atoms with Crippen LogP contribution >= 0.6 is 0 Å². The fourth-order valence-electron chi connectivity index (χ4n) is 2.21. The van der Waals surface area contributed by atoms with Crippen LogP contribution in [0.15, 0.2) is 48.5 Å². The molecular weight excluding hydrogens is 264 g/mol. The number of para-hydroxylation sites is 1. The Kier molecular flexibility index (Phi) is 4.82. The summed E-state index contributed by atoms with van der Waals surface area (Å²) in [6, 6.07) is 14.2. The fourth-order valence-corrected chi connectivity index (χ4v) is 2.21. The van der Waals surface area contributed by atoms with Crippen molar-refractivity contribution in [3.63, 3.8) is 0 Å². The van der Waals surface area contributed by atoms with Crippen LogP contribution in [0, 0.1) is 0 Å². The molecule has 0 fully saturated rings. The van der Waals surface area contributed by atoms with Gasteiger partial charge in [0, 0.05) is 24.5 Å². The average molecular weight is 284 g/mol. The van der Waals surface area contributed by atoms with Crippen molar-refractivity contribution >= 4 is 17.3 Å². The van der Waals surface area contributed by atoms with E-state index in [4.69, 9.17) is 0 Å². The topological polar surface area (TPSA) is 52.6 Å². The van der Waals surface area contributed by atoms with E-state index in [0.717, 1.165) is 18.8 Å². The minimum atomic E-state index is -0.316. The van der Waals surface area contributed by atoms with Gasteiger partial charge in [0.15, 0.2) is 0 Å². The Morgan fingerprint density at radius 2 is 1.67 bits per heavy atom. The molecule has 0 saturated carbocycles. The van der Waals surface area contributed by atoms with Crippen molar-refractivity contribution in [2.75, 3.05) is 23.3 Å². The summed E-state index contributed by atoms with van der Waals surface area (Å²) in [5.41, 5.74) is 2.10. The van der Waals surface area contributed by atoms with Crippen LogP contribution in [0.3, 0.4) is 0 Å². The van der Waals surface area contributed by atoms with Crippen molar-refractivity contribution in [1.29, 1.82) is 0 Å². The molecule has 2 rings (SSSR count). The summed E-state index contributed by atoms with van der Waals surface area (Å²) in [5, 5.41) is 12.5. The van der Waals surface area contributed by atoms with Crippen LogP contribution in [0.25, 0.3) is 0 Å². The third-order valence-corrected chi connectivity index (χ3v) is 3.40. The lowest BCUT2D eigenvalue weighted by atomic mass is 10.2. The largest absolute Gasteiger partial charge is 0.507 e. The van der Waals surface area contributed by atoms with Crippen LogP contribution < -0.4 is 10.2 Å². The van der Waals surface area contributed by atoms with Crippen LogP contribution in [0.2, 0.25) is 0 Å². The number of nitrogens with zero attached hydrogens (tertiary/aromatic N) is 1. The van der Waals surface area contributed by atoms with Crippen molar-refractivity contribution < 1.29 is 9.90 Å². The molecule has 0 aliphatic rings. The number of aromatic hydroxyl groups is 1. The Morgan fingerprint density at radius 1 is 1.05 bits per heavy atom. The normalized spacial score (nSPS) is 10.2. The molecule has 0 bridgehead atoms. The third kappa shape index (κ3) is 3.54. The predicted molar refractivity (Wildman–Crippen MR) is 86.1 cm³/mol. The van der Waals surface area contributed by atoms with E-state index in [1.54, 1.807) is 18.2 Å². The van der Waals surface area contributed by atoms with Crippen molar-refractivity contribution in [2.24, 2.45) is 0 Å². The molecule has 21 heavy (non-hydrogen) atoms. The maximum Gasteiger partial charge on any atom is 0.259 e. The number of benzene rings is 2. The van der Waals surface area contributed by atoms with Gasteiger partial charge < -0.3 is 15.3 Å². The maximum absolute atomic E-state index is 12.1. The Bertz CT molecular complexity index is 604. The summed E-state index contributed by atoms with van der Waals surface area (Å²) in [4.78, 5) is 14.3. The molecule has 0 aromatic heterocycles. The molecule has 0 heterocycles. The van der Waals surface area contributed by atoms with Gasteiger partial charge in [0.25, 0.3) is 5.91 Å². The van der Waals surface area contributed by atoms with Crippen molar-refractivity contribution in [1.82, 2.24) is 0 Å². The predicted octanol–water partition coefficient (Wildman–Crippen LogP) is 3.49. The zero-order chi connectivity index (χ0) is 15.2. The van der Waals surface area contributed by atoms with E-state index in [0.29, 0.717) is 5.69 Å². The molecule has 0 unspecified atom stereocenters. The van der Waals surface area contributed by atoms with E-state index in [-0.39, 0.29) is 17.2 Å². The molecule has 110 valence electrons. The molecule has 0 aliphatic carbocycles. The second kappa shape index (κ2) is 6.79. The van der Waals surface area contributed by atoms with Gasteiger partial charge in [-0.25, -0.2) is 0 Å². The standard InChI is InChI=1S/C17H20N2O2/c1-3-19(4-2)14-11-9-13(10-12-14)18-17(21)15-7-5-6-8-16(15)20/h5-12,20H,3-4H2,1-2H3,(H,18,21). The second-order valence-electron chi connectivity index (χ2n) is 4.69. The van der Waals surface area contributed by atoms with E-state index < -0.39 is 0 Å². The number of hydrogen-bond donors (Lipinski definition) is 2. The highest BCUT2D eigenvalue weighted by Crippen LogP contribution is 2.20. The summed E-state index contributed by atoms with van der Waals surface area (Å²) in [7, 11) is 0. The zero-order valence-electron chi connectivity index (χ0n) is 12.3. The van der Waals surface area contributed by atoms with E-state index in [9.17, 15) is 9.90 Å². The van der Waals surface area contributed by atoms with Crippen LogP contribution in [-0.2, 0) is 0 Å². The van der Waals surface area contributed by atoms with Crippen LogP contribution in [-0.4, -0.2) is 24.1 Å². The van der Waals surface area contributed by atoms with Gasteiger partial charge in [0.2, 0.25) is 0 Å². The van der Waals surface area contributed by atoms with Gasteiger partial charge in [-0.3, -0.25) is 4.79 Å². The molecule has 2 aromatic carbocycles. The smallest absolute Gasteiger partial charge is 0.259 e. The Hall–Kier alpha value is -2.49. The van der Waals surface area contributed by atoms with Crippen LogP contribution in [0.5, 0.6) is 5.75 Å². The monoisotopic (exact) mass is 284 g/mol. The number of anilines is 2. The maximum atomic E-state index is 12.1. The zero-order valence-corrected chi connectivity index (χ0v) is 12.3. The summed E-state index contributed by atoms with van der Waals surface area (Å²) >= 11 is 0. The molecular formula is C17H20N2O2. The van der Waals surface area contributed by atoms with Crippen molar-refractivity contribution in [2.45, 2.75) is 13.8 Å². The Labute approximate surface area is 125 Å². The highest BCUT2D eigenvalue weighted by molar-refractivity contribution is 6.06. The SMILES string of the molecule is CCN(CC)c1ccc(NC(=O)c2ccccc2O)cc1. The highest BCUT2D eigenvalue weighted by atomic mass is 16.3. The Morgan fingerprint density at radius 3 is 2.24 bits per heavy atom. The molecule has 0 radical (unpaired) electrons. The molecule has 4 nitrogen and oxygen atoms in total. The van der Waals surface area contributed by atoms with Gasteiger partial charge >= 0.3 is 0 Å². The molecule has 1 amide bonds. The lowest BCUT2D eigenvalue weighted by molar-refractivity contribution is 0.102. The van der Waals surface area contributed by atoms with E-state index in [2.05, 4.69) is 24.1 Å². The van der Waals surface area contributed by atoms with Gasteiger partial charge in [0.05, 0.1) is 5.56 Å². The summed E-state index contributed by atoms with van der Waals surface area (Å²) in [6.07, 6.45) is 0.